The van der Waals surface area contributed by atoms with Gasteiger partial charge < -0.3 is 16.0 Å². The van der Waals surface area contributed by atoms with Gasteiger partial charge in [-0.2, -0.15) is 0 Å². The van der Waals surface area contributed by atoms with Crippen LogP contribution in [0.4, 0.5) is 5.69 Å². The van der Waals surface area contributed by atoms with Crippen molar-refractivity contribution in [3.8, 4) is 0 Å². The van der Waals surface area contributed by atoms with Crippen LogP contribution in [0.3, 0.4) is 0 Å². The second-order valence-electron chi connectivity index (χ2n) is 5.64. The van der Waals surface area contributed by atoms with Crippen molar-refractivity contribution < 1.29 is 4.79 Å². The van der Waals surface area contributed by atoms with Gasteiger partial charge in [-0.25, -0.2) is 4.99 Å². The highest BCUT2D eigenvalue weighted by molar-refractivity contribution is 5.90. The highest BCUT2D eigenvalue weighted by Crippen LogP contribution is 2.11. The third-order valence-corrected chi connectivity index (χ3v) is 3.47. The summed E-state index contributed by atoms with van der Waals surface area (Å²) in [5, 5.41) is 9.51. The Labute approximate surface area is 140 Å². The molecule has 0 saturated carbocycles. The predicted molar refractivity (Wildman–Crippen MR) is 97.7 cm³/mol. The summed E-state index contributed by atoms with van der Waals surface area (Å²) in [5.41, 5.74) is 1.95. The van der Waals surface area contributed by atoms with Gasteiger partial charge in [-0.15, -0.1) is 0 Å². The van der Waals surface area contributed by atoms with Crippen LogP contribution in [0.25, 0.3) is 0 Å². The van der Waals surface area contributed by atoms with E-state index >= 15 is 0 Å². The molecular formula is C18H30N4O. The van der Waals surface area contributed by atoms with E-state index in [2.05, 4.69) is 41.7 Å². The molecule has 5 nitrogen and oxygen atoms in total. The van der Waals surface area contributed by atoms with E-state index in [1.54, 1.807) is 0 Å². The molecule has 0 aliphatic carbocycles. The molecule has 5 heteroatoms. The topological polar surface area (TPSA) is 65.5 Å². The molecule has 1 aromatic rings. The lowest BCUT2D eigenvalue weighted by molar-refractivity contribution is -0.116. The quantitative estimate of drug-likeness (QED) is 0.509. The predicted octanol–water partition coefficient (Wildman–Crippen LogP) is 3.28. The normalized spacial score (nSPS) is 12.6. The Morgan fingerprint density at radius 1 is 1.17 bits per heavy atom. The molecule has 128 valence electrons. The number of carbonyl (C=O) groups excluding carboxylic acids is 1. The van der Waals surface area contributed by atoms with Gasteiger partial charge in [0.05, 0.1) is 6.54 Å². The second kappa shape index (κ2) is 10.6. The molecule has 0 spiro atoms. The van der Waals surface area contributed by atoms with Crippen LogP contribution >= 0.6 is 0 Å². The molecule has 0 saturated heterocycles. The van der Waals surface area contributed by atoms with Crippen LogP contribution in [-0.2, 0) is 11.3 Å². The lowest BCUT2D eigenvalue weighted by atomic mass is 10.2. The molecule has 1 unspecified atom stereocenters. The first-order valence-corrected chi connectivity index (χ1v) is 8.52. The zero-order valence-electron chi connectivity index (χ0n) is 14.8. The van der Waals surface area contributed by atoms with Crippen LogP contribution in [0, 0.1) is 0 Å². The summed E-state index contributed by atoms with van der Waals surface area (Å²) in [6, 6.07) is 8.24. The number of amides is 1. The van der Waals surface area contributed by atoms with Crippen LogP contribution in [0.1, 0.15) is 52.5 Å². The van der Waals surface area contributed by atoms with Gasteiger partial charge in [0.2, 0.25) is 5.91 Å². The van der Waals surface area contributed by atoms with E-state index < -0.39 is 0 Å². The van der Waals surface area contributed by atoms with E-state index in [4.69, 9.17) is 0 Å². The number of guanidine groups is 1. The van der Waals surface area contributed by atoms with Gasteiger partial charge in [-0.3, -0.25) is 4.79 Å². The van der Waals surface area contributed by atoms with E-state index in [0.29, 0.717) is 19.0 Å². The van der Waals surface area contributed by atoms with Gasteiger partial charge in [0.15, 0.2) is 5.96 Å². The van der Waals surface area contributed by atoms with Gasteiger partial charge in [0.1, 0.15) is 0 Å². The zero-order chi connectivity index (χ0) is 17.1. The number of hydrogen-bond donors (Lipinski definition) is 3. The molecule has 0 heterocycles. The van der Waals surface area contributed by atoms with Crippen LogP contribution < -0.4 is 16.0 Å². The Hall–Kier alpha value is -2.04. The third kappa shape index (κ3) is 7.68. The average molecular weight is 318 g/mol. The lowest BCUT2D eigenvalue weighted by Gasteiger charge is -2.16. The maximum Gasteiger partial charge on any atom is 0.224 e. The first-order chi connectivity index (χ1) is 11.1. The minimum absolute atomic E-state index is 0.0606. The lowest BCUT2D eigenvalue weighted by Crippen LogP contribution is -2.41. The van der Waals surface area contributed by atoms with Crippen molar-refractivity contribution in [1.29, 1.82) is 0 Å². The molecule has 0 aliphatic heterocycles. The highest BCUT2D eigenvalue weighted by Gasteiger charge is 2.03. The first-order valence-electron chi connectivity index (χ1n) is 8.52. The molecule has 1 amide bonds. The fraction of sp³-hybridized carbons (Fsp3) is 0.556. The summed E-state index contributed by atoms with van der Waals surface area (Å²) in [7, 11) is 0. The summed E-state index contributed by atoms with van der Waals surface area (Å²) in [5.74, 6) is 0.896. The molecule has 1 atom stereocenters. The van der Waals surface area contributed by atoms with Crippen molar-refractivity contribution in [2.24, 2.45) is 4.99 Å². The highest BCUT2D eigenvalue weighted by atomic mass is 16.1. The molecule has 0 radical (unpaired) electrons. The average Bonchev–Trinajstić information content (AvgIpc) is 2.54. The standard InChI is InChI=1S/C18H30N4O/c1-5-8-17(23)22-16-11-9-15(10-12-16)13-20-18(19-7-3)21-14(4)6-2/h9-12,14H,5-8,13H2,1-4H3,(H,22,23)(H2,19,20,21). The van der Waals surface area contributed by atoms with E-state index in [9.17, 15) is 4.79 Å². The molecule has 23 heavy (non-hydrogen) atoms. The summed E-state index contributed by atoms with van der Waals surface area (Å²) < 4.78 is 0. The van der Waals surface area contributed by atoms with Gasteiger partial charge in [0, 0.05) is 24.7 Å². The molecule has 0 fully saturated rings. The Morgan fingerprint density at radius 3 is 2.43 bits per heavy atom. The summed E-state index contributed by atoms with van der Waals surface area (Å²) in [6.07, 6.45) is 2.46. The Morgan fingerprint density at radius 2 is 1.87 bits per heavy atom. The number of nitrogens with one attached hydrogen (secondary N) is 3. The van der Waals surface area contributed by atoms with Gasteiger partial charge in [-0.05, 0) is 44.4 Å². The van der Waals surface area contributed by atoms with Crippen molar-refractivity contribution in [3.05, 3.63) is 29.8 Å². The zero-order valence-corrected chi connectivity index (χ0v) is 14.8. The van der Waals surface area contributed by atoms with E-state index in [-0.39, 0.29) is 5.91 Å². The van der Waals surface area contributed by atoms with E-state index in [0.717, 1.165) is 36.6 Å². The summed E-state index contributed by atoms with van der Waals surface area (Å²) in [6.45, 7) is 9.78. The molecule has 0 aromatic heterocycles. The fourth-order valence-corrected chi connectivity index (χ4v) is 1.97. The van der Waals surface area contributed by atoms with Crippen LogP contribution in [0.15, 0.2) is 29.3 Å². The van der Waals surface area contributed by atoms with Gasteiger partial charge in [-0.1, -0.05) is 26.0 Å². The van der Waals surface area contributed by atoms with Crippen molar-refractivity contribution in [2.45, 2.75) is 59.5 Å². The van der Waals surface area contributed by atoms with Crippen LogP contribution in [-0.4, -0.2) is 24.5 Å². The van der Waals surface area contributed by atoms with Crippen molar-refractivity contribution in [3.63, 3.8) is 0 Å². The molecule has 0 aliphatic rings. The Bertz CT molecular complexity index is 496. The number of carbonyl (C=O) groups is 1. The smallest absolute Gasteiger partial charge is 0.224 e. The monoisotopic (exact) mass is 318 g/mol. The molecular weight excluding hydrogens is 288 g/mol. The largest absolute Gasteiger partial charge is 0.357 e. The summed E-state index contributed by atoms with van der Waals surface area (Å²) >= 11 is 0. The maximum absolute atomic E-state index is 11.6. The van der Waals surface area contributed by atoms with Crippen LogP contribution in [0.5, 0.6) is 0 Å². The first kappa shape index (κ1) is 19.0. The number of hydrogen-bond acceptors (Lipinski definition) is 2. The molecule has 1 aromatic carbocycles. The molecule has 3 N–H and O–H groups in total. The van der Waals surface area contributed by atoms with E-state index in [1.165, 1.54) is 0 Å². The SMILES string of the molecule is CCCC(=O)Nc1ccc(CN=C(NCC)NC(C)CC)cc1. The second-order valence-corrected chi connectivity index (χ2v) is 5.64. The fourth-order valence-electron chi connectivity index (χ4n) is 1.97. The Kier molecular flexibility index (Phi) is 8.80. The minimum Gasteiger partial charge on any atom is -0.357 e. The number of aliphatic imine (C=N–C) groups is 1. The number of nitrogens with zero attached hydrogens (tertiary/aromatic N) is 1. The maximum atomic E-state index is 11.6. The molecule has 0 bridgehead atoms. The van der Waals surface area contributed by atoms with Crippen LogP contribution in [0.2, 0.25) is 0 Å². The number of rotatable bonds is 8. The van der Waals surface area contributed by atoms with Crippen molar-refractivity contribution in [1.82, 2.24) is 10.6 Å². The van der Waals surface area contributed by atoms with E-state index in [1.807, 2.05) is 31.2 Å². The summed E-state index contributed by atoms with van der Waals surface area (Å²) in [4.78, 5) is 16.2. The van der Waals surface area contributed by atoms with Gasteiger partial charge in [0.25, 0.3) is 0 Å². The number of benzene rings is 1. The minimum atomic E-state index is 0.0606. The third-order valence-electron chi connectivity index (χ3n) is 3.47. The molecule has 1 rings (SSSR count). The van der Waals surface area contributed by atoms with Gasteiger partial charge >= 0.3 is 0 Å². The number of anilines is 1. The Balaban J connectivity index is 2.61. The van der Waals surface area contributed by atoms with Crippen molar-refractivity contribution >= 4 is 17.6 Å². The van der Waals surface area contributed by atoms with Crippen molar-refractivity contribution in [2.75, 3.05) is 11.9 Å².